The molecule has 0 amide bonds. The molecule has 0 aliphatic carbocycles. The molecule has 0 bridgehead atoms. The van der Waals surface area contributed by atoms with Gasteiger partial charge in [0.05, 0.1) is 17.6 Å². The van der Waals surface area contributed by atoms with E-state index in [0.717, 1.165) is 27.9 Å². The van der Waals surface area contributed by atoms with Gasteiger partial charge in [-0.25, -0.2) is 4.39 Å². The highest BCUT2D eigenvalue weighted by Crippen LogP contribution is 2.39. The lowest BCUT2D eigenvalue weighted by atomic mass is 9.92. The molecule has 0 spiro atoms. The number of alkyl halides is 3. The quantitative estimate of drug-likeness (QED) is 0.384. The maximum Gasteiger partial charge on any atom is 0.419 e. The van der Waals surface area contributed by atoms with E-state index >= 15 is 4.39 Å². The zero-order valence-electron chi connectivity index (χ0n) is 16.7. The zero-order valence-corrected chi connectivity index (χ0v) is 19.1. The Morgan fingerprint density at radius 1 is 1.23 bits per heavy atom. The number of ether oxygens (including phenoxy) is 1. The molecule has 0 atom stereocenters. The molecule has 9 heteroatoms. The van der Waals surface area contributed by atoms with Gasteiger partial charge in [0.25, 0.3) is 0 Å². The molecule has 2 aromatic carbocycles. The zero-order chi connectivity index (χ0) is 22.1. The summed E-state index contributed by atoms with van der Waals surface area (Å²) >= 11 is 4.37. The van der Waals surface area contributed by atoms with Crippen LogP contribution in [0.25, 0.3) is 0 Å². The second-order valence-corrected chi connectivity index (χ2v) is 9.63. The van der Waals surface area contributed by atoms with Gasteiger partial charge in [0.2, 0.25) is 0 Å². The Labute approximate surface area is 185 Å². The van der Waals surface area contributed by atoms with Crippen molar-refractivity contribution in [2.45, 2.75) is 30.7 Å². The fourth-order valence-electron chi connectivity index (χ4n) is 3.02. The largest absolute Gasteiger partial charge is 0.496 e. The van der Waals surface area contributed by atoms with Crippen LogP contribution in [0.15, 0.2) is 44.7 Å². The third-order valence-corrected chi connectivity index (χ3v) is 6.31. The van der Waals surface area contributed by atoms with Crippen LogP contribution >= 0.6 is 27.7 Å². The molecular formula is C21H21BrF4N2OS. The highest BCUT2D eigenvalue weighted by molar-refractivity contribution is 9.10. The molecule has 1 heterocycles. The summed E-state index contributed by atoms with van der Waals surface area (Å²) in [4.78, 5) is 4.38. The summed E-state index contributed by atoms with van der Waals surface area (Å²) < 4.78 is 61.1. The highest BCUT2D eigenvalue weighted by atomic mass is 79.9. The van der Waals surface area contributed by atoms with Gasteiger partial charge in [-0.2, -0.15) is 13.2 Å². The Morgan fingerprint density at radius 3 is 2.57 bits per heavy atom. The van der Waals surface area contributed by atoms with Crippen molar-refractivity contribution in [2.75, 3.05) is 20.2 Å². The van der Waals surface area contributed by atoms with Crippen LogP contribution in [-0.4, -0.2) is 26.0 Å². The third kappa shape index (κ3) is 5.11. The van der Waals surface area contributed by atoms with E-state index in [0.29, 0.717) is 30.2 Å². The lowest BCUT2D eigenvalue weighted by Gasteiger charge is -2.30. The van der Waals surface area contributed by atoms with Gasteiger partial charge in [-0.1, -0.05) is 29.8 Å². The predicted octanol–water partition coefficient (Wildman–Crippen LogP) is 6.28. The Hall–Kier alpha value is -1.74. The van der Waals surface area contributed by atoms with Crippen LogP contribution in [0, 0.1) is 11.2 Å². The standard InChI is InChI=1S/C21H21BrF4N2OS/c1-20(2)10-27-19(28-11-20)14-5-6-15(21(24,25)26)17(23)18(14)30-9-12-8-13(22)4-7-16(12)29-3/h4-8H,9-11H2,1-3H3,(H,27,28). The van der Waals surface area contributed by atoms with Gasteiger partial charge < -0.3 is 10.1 Å². The molecule has 1 aliphatic rings. The topological polar surface area (TPSA) is 33.6 Å². The Bertz CT molecular complexity index is 976. The number of amidine groups is 1. The SMILES string of the molecule is COc1ccc(Br)cc1CSc1c(C2=NCC(C)(C)CN2)ccc(C(F)(F)F)c1F. The van der Waals surface area contributed by atoms with Crippen LogP contribution in [0.2, 0.25) is 0 Å². The minimum atomic E-state index is -4.78. The van der Waals surface area contributed by atoms with Crippen LogP contribution in [0.1, 0.15) is 30.5 Å². The molecule has 3 nitrogen and oxygen atoms in total. The molecule has 0 fully saturated rings. The summed E-state index contributed by atoms with van der Waals surface area (Å²) in [6, 6.07) is 7.41. The van der Waals surface area contributed by atoms with Gasteiger partial charge in [-0.3, -0.25) is 4.99 Å². The number of aliphatic imine (C=N–C) groups is 1. The summed E-state index contributed by atoms with van der Waals surface area (Å²) in [7, 11) is 1.51. The van der Waals surface area contributed by atoms with Crippen molar-refractivity contribution in [1.29, 1.82) is 0 Å². The fraction of sp³-hybridized carbons (Fsp3) is 0.381. The average molecular weight is 505 g/mol. The molecule has 3 rings (SSSR count). The molecule has 0 unspecified atom stereocenters. The lowest BCUT2D eigenvalue weighted by Crippen LogP contribution is -2.41. The van der Waals surface area contributed by atoms with Crippen LogP contribution < -0.4 is 10.1 Å². The number of hydrogen-bond donors (Lipinski definition) is 1. The molecule has 0 saturated carbocycles. The molecule has 0 saturated heterocycles. The summed E-state index contributed by atoms with van der Waals surface area (Å²) in [6.07, 6.45) is -4.78. The second kappa shape index (κ2) is 8.78. The average Bonchev–Trinajstić information content (AvgIpc) is 2.66. The molecular weight excluding hydrogens is 484 g/mol. The summed E-state index contributed by atoms with van der Waals surface area (Å²) in [5.41, 5.74) is -0.300. The van der Waals surface area contributed by atoms with Crippen molar-refractivity contribution in [3.8, 4) is 5.75 Å². The third-order valence-electron chi connectivity index (χ3n) is 4.67. The summed E-state index contributed by atoms with van der Waals surface area (Å²) in [6.45, 7) is 5.16. The van der Waals surface area contributed by atoms with Crippen molar-refractivity contribution < 1.29 is 22.3 Å². The number of hydrogen-bond acceptors (Lipinski definition) is 4. The van der Waals surface area contributed by atoms with Gasteiger partial charge in [-0.15, -0.1) is 11.8 Å². The number of thioether (sulfide) groups is 1. The van der Waals surface area contributed by atoms with E-state index in [9.17, 15) is 13.2 Å². The molecule has 1 aliphatic heterocycles. The van der Waals surface area contributed by atoms with Crippen molar-refractivity contribution >= 4 is 33.5 Å². The number of rotatable bonds is 5. The molecule has 30 heavy (non-hydrogen) atoms. The van der Waals surface area contributed by atoms with Crippen molar-refractivity contribution in [2.24, 2.45) is 10.4 Å². The fourth-order valence-corrected chi connectivity index (χ4v) is 4.51. The van der Waals surface area contributed by atoms with E-state index in [2.05, 4.69) is 26.2 Å². The van der Waals surface area contributed by atoms with Crippen LogP contribution in [0.3, 0.4) is 0 Å². The first-order valence-corrected chi connectivity index (χ1v) is 10.9. The molecule has 2 aromatic rings. The second-order valence-electron chi connectivity index (χ2n) is 7.73. The van der Waals surface area contributed by atoms with E-state index in [1.165, 1.54) is 13.2 Å². The monoisotopic (exact) mass is 504 g/mol. The molecule has 162 valence electrons. The van der Waals surface area contributed by atoms with Gasteiger partial charge in [-0.05, 0) is 30.3 Å². The Morgan fingerprint density at radius 2 is 1.97 bits per heavy atom. The molecule has 0 aromatic heterocycles. The van der Waals surface area contributed by atoms with Crippen LogP contribution in [0.4, 0.5) is 17.6 Å². The van der Waals surface area contributed by atoms with E-state index in [-0.39, 0.29) is 16.1 Å². The number of halogens is 5. The number of nitrogens with one attached hydrogen (secondary N) is 1. The number of benzene rings is 2. The van der Waals surface area contributed by atoms with E-state index in [4.69, 9.17) is 4.74 Å². The van der Waals surface area contributed by atoms with Gasteiger partial charge >= 0.3 is 6.18 Å². The van der Waals surface area contributed by atoms with Crippen molar-refractivity contribution in [3.05, 3.63) is 57.3 Å². The highest BCUT2D eigenvalue weighted by Gasteiger charge is 2.36. The first-order chi connectivity index (χ1) is 14.0. The summed E-state index contributed by atoms with van der Waals surface area (Å²) in [5.74, 6) is -0.0689. The van der Waals surface area contributed by atoms with Gasteiger partial charge in [0.15, 0.2) is 0 Å². The maximum atomic E-state index is 15.0. The predicted molar refractivity (Wildman–Crippen MR) is 115 cm³/mol. The number of nitrogens with zero attached hydrogens (tertiary/aromatic N) is 1. The van der Waals surface area contributed by atoms with E-state index < -0.39 is 17.6 Å². The minimum absolute atomic E-state index is 0.0784. The summed E-state index contributed by atoms with van der Waals surface area (Å²) in [5, 5.41) is 3.14. The Balaban J connectivity index is 2.02. The van der Waals surface area contributed by atoms with Crippen molar-refractivity contribution in [3.63, 3.8) is 0 Å². The maximum absolute atomic E-state index is 15.0. The van der Waals surface area contributed by atoms with Crippen LogP contribution in [0.5, 0.6) is 5.75 Å². The van der Waals surface area contributed by atoms with E-state index in [1.54, 1.807) is 18.2 Å². The first-order valence-electron chi connectivity index (χ1n) is 9.15. The van der Waals surface area contributed by atoms with Gasteiger partial charge in [0, 0.05) is 39.9 Å². The molecule has 0 radical (unpaired) electrons. The number of methoxy groups -OCH3 is 1. The lowest BCUT2D eigenvalue weighted by molar-refractivity contribution is -0.140. The van der Waals surface area contributed by atoms with Crippen LogP contribution in [-0.2, 0) is 11.9 Å². The minimum Gasteiger partial charge on any atom is -0.496 e. The Kier molecular flexibility index (Phi) is 6.72. The normalized spacial score (nSPS) is 16.1. The first kappa shape index (κ1) is 22.9. The van der Waals surface area contributed by atoms with Gasteiger partial charge in [0.1, 0.15) is 17.4 Å². The van der Waals surface area contributed by atoms with E-state index in [1.807, 2.05) is 13.8 Å². The smallest absolute Gasteiger partial charge is 0.419 e. The van der Waals surface area contributed by atoms with Crippen molar-refractivity contribution in [1.82, 2.24) is 5.32 Å². The molecule has 1 N–H and O–H groups in total.